The molecule has 1 saturated heterocycles. The molecular formula is C32H44O8. The quantitative estimate of drug-likeness (QED) is 0.319. The van der Waals surface area contributed by atoms with Crippen LogP contribution in [0.4, 0.5) is 0 Å². The average Bonchev–Trinajstić information content (AvgIpc) is 3.74. The third-order valence-electron chi connectivity index (χ3n) is 12.9. The summed E-state index contributed by atoms with van der Waals surface area (Å²) in [4.78, 5) is 52.0. The second-order valence-corrected chi connectivity index (χ2v) is 14.8. The fraction of sp³-hybridized carbons (Fsp3) is 0.875. The Hall–Kier alpha value is -2.12. The standard InChI is InChI=1S/C32H44O8/c1-5-31(3,4)30(36)37-14-21(33)38-26-19-12-18-24(28(34)39-27(18)26)25(19)29(35)40-32(6-2)13-17-11-20(32)23-16-9-7-15(8-10-16)22(17)23/h15-20,22-27H,5-14H2,1-4H3. The average molecular weight is 557 g/mol. The lowest BCUT2D eigenvalue weighted by atomic mass is 9.52. The van der Waals surface area contributed by atoms with Crippen molar-refractivity contribution in [1.82, 2.24) is 0 Å². The molecule has 0 N–H and O–H groups in total. The second kappa shape index (κ2) is 9.19. The molecule has 0 spiro atoms. The van der Waals surface area contributed by atoms with E-state index in [9.17, 15) is 19.2 Å². The first-order valence-electron chi connectivity index (χ1n) is 15.9. The van der Waals surface area contributed by atoms with Crippen molar-refractivity contribution in [2.24, 2.45) is 64.6 Å². The number of hydrogen-bond donors (Lipinski definition) is 0. The van der Waals surface area contributed by atoms with Crippen molar-refractivity contribution >= 4 is 23.9 Å². The zero-order chi connectivity index (χ0) is 28.1. The summed E-state index contributed by atoms with van der Waals surface area (Å²) >= 11 is 0. The van der Waals surface area contributed by atoms with Crippen LogP contribution in [-0.2, 0) is 38.1 Å². The van der Waals surface area contributed by atoms with E-state index in [4.69, 9.17) is 18.9 Å². The number of rotatable bonds is 8. The number of carbonyl (C=O) groups is 4. The first kappa shape index (κ1) is 26.8. The molecule has 0 aromatic heterocycles. The van der Waals surface area contributed by atoms with Crippen molar-refractivity contribution in [1.29, 1.82) is 0 Å². The first-order valence-corrected chi connectivity index (χ1v) is 15.9. The molecule has 1 heterocycles. The molecule has 6 bridgehead atoms. The van der Waals surface area contributed by atoms with Crippen LogP contribution in [0, 0.1) is 64.6 Å². The summed E-state index contributed by atoms with van der Waals surface area (Å²) in [6, 6.07) is 0. The van der Waals surface area contributed by atoms with Crippen LogP contribution in [0.25, 0.3) is 0 Å². The largest absolute Gasteiger partial charge is 0.459 e. The van der Waals surface area contributed by atoms with Gasteiger partial charge >= 0.3 is 23.9 Å². The molecule has 0 aromatic rings. The van der Waals surface area contributed by atoms with E-state index < -0.39 is 53.6 Å². The van der Waals surface area contributed by atoms with Crippen LogP contribution < -0.4 is 0 Å². The summed E-state index contributed by atoms with van der Waals surface area (Å²) in [7, 11) is 0. The van der Waals surface area contributed by atoms with Crippen molar-refractivity contribution in [3.63, 3.8) is 0 Å². The van der Waals surface area contributed by atoms with Crippen LogP contribution in [0.5, 0.6) is 0 Å². The Labute approximate surface area is 236 Å². The van der Waals surface area contributed by atoms with Gasteiger partial charge in [-0.25, -0.2) is 4.79 Å². The summed E-state index contributed by atoms with van der Waals surface area (Å²) in [5.41, 5.74) is -1.14. The maximum atomic E-state index is 14.0. The number of carbonyl (C=O) groups excluding carboxylic acids is 4. The van der Waals surface area contributed by atoms with Gasteiger partial charge in [-0.1, -0.05) is 13.8 Å². The van der Waals surface area contributed by atoms with E-state index in [0.717, 1.165) is 30.6 Å². The maximum Gasteiger partial charge on any atom is 0.344 e. The van der Waals surface area contributed by atoms with E-state index in [-0.39, 0.29) is 23.8 Å². The van der Waals surface area contributed by atoms with Gasteiger partial charge < -0.3 is 18.9 Å². The van der Waals surface area contributed by atoms with Gasteiger partial charge in [0.1, 0.15) is 17.8 Å². The Kier molecular flexibility index (Phi) is 6.15. The summed E-state index contributed by atoms with van der Waals surface area (Å²) in [5, 5.41) is 0. The fourth-order valence-corrected chi connectivity index (χ4v) is 10.8. The minimum Gasteiger partial charge on any atom is -0.459 e. The number of hydrogen-bond acceptors (Lipinski definition) is 8. The summed E-state index contributed by atoms with van der Waals surface area (Å²) < 4.78 is 23.3. The van der Waals surface area contributed by atoms with Crippen LogP contribution >= 0.6 is 0 Å². The van der Waals surface area contributed by atoms with Crippen molar-refractivity contribution in [3.05, 3.63) is 0 Å². The molecule has 8 rings (SSSR count). The van der Waals surface area contributed by atoms with Crippen molar-refractivity contribution in [2.45, 2.75) is 103 Å². The van der Waals surface area contributed by atoms with Gasteiger partial charge in [-0.2, -0.15) is 0 Å². The van der Waals surface area contributed by atoms with E-state index in [1.54, 1.807) is 13.8 Å². The number of esters is 4. The molecule has 11 atom stereocenters. The molecule has 40 heavy (non-hydrogen) atoms. The molecule has 220 valence electrons. The van der Waals surface area contributed by atoms with E-state index >= 15 is 0 Å². The van der Waals surface area contributed by atoms with Crippen molar-refractivity contribution in [2.75, 3.05) is 6.61 Å². The van der Waals surface area contributed by atoms with Gasteiger partial charge in [-0.3, -0.25) is 14.4 Å². The maximum absolute atomic E-state index is 14.0. The molecule has 7 aliphatic carbocycles. The van der Waals surface area contributed by atoms with Crippen LogP contribution in [0.3, 0.4) is 0 Å². The highest BCUT2D eigenvalue weighted by Crippen LogP contribution is 2.69. The van der Waals surface area contributed by atoms with E-state index in [1.807, 2.05) is 6.92 Å². The van der Waals surface area contributed by atoms with Gasteiger partial charge in [-0.15, -0.1) is 0 Å². The zero-order valence-electron chi connectivity index (χ0n) is 24.3. The van der Waals surface area contributed by atoms with E-state index in [1.165, 1.54) is 32.1 Å². The molecule has 1 aliphatic heterocycles. The van der Waals surface area contributed by atoms with Crippen LogP contribution in [0.15, 0.2) is 0 Å². The molecule has 11 unspecified atom stereocenters. The summed E-state index contributed by atoms with van der Waals surface area (Å²) in [6.45, 7) is 7.07. The topological polar surface area (TPSA) is 105 Å². The molecule has 8 fully saturated rings. The van der Waals surface area contributed by atoms with Gasteiger partial charge in [0, 0.05) is 17.8 Å². The van der Waals surface area contributed by atoms with E-state index in [0.29, 0.717) is 30.6 Å². The van der Waals surface area contributed by atoms with Crippen LogP contribution in [0.2, 0.25) is 0 Å². The number of ether oxygens (including phenoxy) is 4. The normalized spacial score (nSPS) is 47.2. The Balaban J connectivity index is 1.06. The molecule has 8 heteroatoms. The third-order valence-corrected chi connectivity index (χ3v) is 12.9. The number of fused-ring (bicyclic) bond motifs is 5. The first-order chi connectivity index (χ1) is 19.1. The minimum absolute atomic E-state index is 0.148. The van der Waals surface area contributed by atoms with Gasteiger partial charge in [0.15, 0.2) is 6.61 Å². The minimum atomic E-state index is -0.716. The van der Waals surface area contributed by atoms with Gasteiger partial charge in [0.05, 0.1) is 17.3 Å². The van der Waals surface area contributed by atoms with Gasteiger partial charge in [0.2, 0.25) is 0 Å². The molecule has 0 amide bonds. The molecule has 8 aliphatic rings. The predicted octanol–water partition coefficient (Wildman–Crippen LogP) is 4.47. The smallest absolute Gasteiger partial charge is 0.344 e. The van der Waals surface area contributed by atoms with Crippen molar-refractivity contribution < 1.29 is 38.1 Å². The fourth-order valence-electron chi connectivity index (χ4n) is 10.8. The summed E-state index contributed by atoms with van der Waals surface area (Å²) in [5.74, 6) is 0.699. The highest BCUT2D eigenvalue weighted by atomic mass is 16.6. The SMILES string of the molecule is CCC(C)(C)C(=O)OCC(=O)OC1C2CC3C1OC(=O)C3C2C(=O)OC1(CC)CC2CC1C1C3CCC(CC3)C21. The Morgan fingerprint density at radius 1 is 0.975 bits per heavy atom. The lowest BCUT2D eigenvalue weighted by molar-refractivity contribution is -0.190. The second-order valence-electron chi connectivity index (χ2n) is 14.8. The molecule has 0 aromatic carbocycles. The van der Waals surface area contributed by atoms with Crippen LogP contribution in [-0.4, -0.2) is 48.3 Å². The van der Waals surface area contributed by atoms with E-state index in [2.05, 4.69) is 6.92 Å². The lowest BCUT2D eigenvalue weighted by Crippen LogP contribution is -2.54. The molecular weight excluding hydrogens is 512 g/mol. The molecule has 8 nitrogen and oxygen atoms in total. The van der Waals surface area contributed by atoms with Crippen LogP contribution in [0.1, 0.15) is 85.5 Å². The molecule has 0 radical (unpaired) electrons. The Morgan fingerprint density at radius 2 is 1.68 bits per heavy atom. The Morgan fingerprint density at radius 3 is 2.35 bits per heavy atom. The predicted molar refractivity (Wildman–Crippen MR) is 141 cm³/mol. The monoisotopic (exact) mass is 556 g/mol. The van der Waals surface area contributed by atoms with Crippen molar-refractivity contribution in [3.8, 4) is 0 Å². The molecule has 7 saturated carbocycles. The zero-order valence-corrected chi connectivity index (χ0v) is 24.3. The highest BCUT2D eigenvalue weighted by Gasteiger charge is 2.72. The lowest BCUT2D eigenvalue weighted by Gasteiger charge is -2.55. The van der Waals surface area contributed by atoms with Gasteiger partial charge in [0.25, 0.3) is 0 Å². The van der Waals surface area contributed by atoms with Gasteiger partial charge in [-0.05, 0) is 101 Å². The highest BCUT2D eigenvalue weighted by molar-refractivity contribution is 5.86. The summed E-state index contributed by atoms with van der Waals surface area (Å²) in [6.07, 6.45) is 8.23. The Bertz CT molecular complexity index is 1110. The third kappa shape index (κ3) is 3.68.